The van der Waals surface area contributed by atoms with Gasteiger partial charge in [-0.25, -0.2) is 0 Å². The lowest BCUT2D eigenvalue weighted by molar-refractivity contribution is -0.148. The molecule has 1 amide bonds. The van der Waals surface area contributed by atoms with Gasteiger partial charge in [0, 0.05) is 18.8 Å². The number of hydrogen-bond acceptors (Lipinski definition) is 4. The minimum atomic E-state index is -0.204. The molecule has 5 heteroatoms. The fourth-order valence-electron chi connectivity index (χ4n) is 2.48. The van der Waals surface area contributed by atoms with Crippen LogP contribution in [0, 0.1) is 5.92 Å². The van der Waals surface area contributed by atoms with Gasteiger partial charge in [-0.15, -0.1) is 11.8 Å². The molecule has 1 aliphatic heterocycles. The van der Waals surface area contributed by atoms with E-state index in [2.05, 4.69) is 12.1 Å². The highest BCUT2D eigenvalue weighted by Crippen LogP contribution is 2.19. The third-order valence-electron chi connectivity index (χ3n) is 3.65. The maximum Gasteiger partial charge on any atom is 0.310 e. The van der Waals surface area contributed by atoms with Crippen LogP contribution in [0.15, 0.2) is 30.3 Å². The molecule has 114 valence electrons. The van der Waals surface area contributed by atoms with Gasteiger partial charge in [-0.05, 0) is 18.4 Å². The predicted octanol–water partition coefficient (Wildman–Crippen LogP) is 2.33. The SMILES string of the molecule is COC(=O)[C@H]1CCCN(C(=O)CSCc2ccccc2)C1. The van der Waals surface area contributed by atoms with Crippen LogP contribution in [0.3, 0.4) is 0 Å². The van der Waals surface area contributed by atoms with Gasteiger partial charge in [0.15, 0.2) is 0 Å². The summed E-state index contributed by atoms with van der Waals surface area (Å²) in [7, 11) is 1.40. The second-order valence-corrected chi connectivity index (χ2v) is 6.17. The summed E-state index contributed by atoms with van der Waals surface area (Å²) in [6.07, 6.45) is 1.68. The molecule has 1 aliphatic rings. The van der Waals surface area contributed by atoms with Crippen molar-refractivity contribution in [3.8, 4) is 0 Å². The number of likely N-dealkylation sites (tertiary alicyclic amines) is 1. The van der Waals surface area contributed by atoms with E-state index in [0.29, 0.717) is 12.3 Å². The van der Waals surface area contributed by atoms with E-state index in [4.69, 9.17) is 4.74 Å². The molecule has 0 N–H and O–H groups in total. The summed E-state index contributed by atoms with van der Waals surface area (Å²) >= 11 is 1.62. The largest absolute Gasteiger partial charge is 0.469 e. The zero-order valence-corrected chi connectivity index (χ0v) is 13.1. The Kier molecular flexibility index (Phi) is 6.11. The van der Waals surface area contributed by atoms with E-state index in [1.54, 1.807) is 16.7 Å². The normalized spacial score (nSPS) is 18.3. The summed E-state index contributed by atoms with van der Waals surface area (Å²) in [5.41, 5.74) is 1.22. The van der Waals surface area contributed by atoms with Crippen molar-refractivity contribution in [2.24, 2.45) is 5.92 Å². The van der Waals surface area contributed by atoms with Crippen molar-refractivity contribution in [1.29, 1.82) is 0 Å². The molecule has 1 fully saturated rings. The van der Waals surface area contributed by atoms with Gasteiger partial charge in [0.25, 0.3) is 0 Å². The minimum absolute atomic E-state index is 0.115. The molecule has 21 heavy (non-hydrogen) atoms. The summed E-state index contributed by atoms with van der Waals surface area (Å²) in [5, 5.41) is 0. The third-order valence-corrected chi connectivity index (χ3v) is 4.63. The lowest BCUT2D eigenvalue weighted by atomic mass is 9.98. The lowest BCUT2D eigenvalue weighted by Crippen LogP contribution is -2.43. The summed E-state index contributed by atoms with van der Waals surface area (Å²) in [4.78, 5) is 25.6. The van der Waals surface area contributed by atoms with Crippen molar-refractivity contribution < 1.29 is 14.3 Å². The first kappa shape index (κ1) is 15.9. The molecule has 0 radical (unpaired) electrons. The average Bonchev–Trinajstić information content (AvgIpc) is 2.55. The smallest absolute Gasteiger partial charge is 0.310 e. The Morgan fingerprint density at radius 3 is 2.81 bits per heavy atom. The Balaban J connectivity index is 1.76. The van der Waals surface area contributed by atoms with Gasteiger partial charge >= 0.3 is 5.97 Å². The summed E-state index contributed by atoms with van der Waals surface area (Å²) in [5.74, 6) is 1.05. The Morgan fingerprint density at radius 1 is 1.33 bits per heavy atom. The van der Waals surface area contributed by atoms with Crippen molar-refractivity contribution in [1.82, 2.24) is 4.90 Å². The number of ether oxygens (including phenoxy) is 1. The molecule has 1 heterocycles. The molecule has 4 nitrogen and oxygen atoms in total. The van der Waals surface area contributed by atoms with E-state index in [1.165, 1.54) is 12.7 Å². The molecular weight excluding hydrogens is 286 g/mol. The van der Waals surface area contributed by atoms with Crippen molar-refractivity contribution in [3.63, 3.8) is 0 Å². The molecule has 0 unspecified atom stereocenters. The third kappa shape index (κ3) is 4.77. The van der Waals surface area contributed by atoms with Crippen molar-refractivity contribution in [2.45, 2.75) is 18.6 Å². The number of benzene rings is 1. The van der Waals surface area contributed by atoms with Gasteiger partial charge < -0.3 is 9.64 Å². The molecule has 1 saturated heterocycles. The first-order chi connectivity index (χ1) is 10.2. The second-order valence-electron chi connectivity index (χ2n) is 5.18. The molecule has 2 rings (SSSR count). The molecule has 1 aromatic rings. The number of carbonyl (C=O) groups excluding carboxylic acids is 2. The fourth-order valence-corrected chi connectivity index (χ4v) is 3.37. The van der Waals surface area contributed by atoms with Crippen LogP contribution in [0.4, 0.5) is 0 Å². The number of rotatable bonds is 5. The van der Waals surface area contributed by atoms with Crippen molar-refractivity contribution in [2.75, 3.05) is 26.0 Å². The molecule has 1 aromatic carbocycles. The van der Waals surface area contributed by atoms with Crippen molar-refractivity contribution in [3.05, 3.63) is 35.9 Å². The van der Waals surface area contributed by atoms with Gasteiger partial charge in [-0.1, -0.05) is 30.3 Å². The molecule has 0 saturated carbocycles. The molecule has 1 atom stereocenters. The first-order valence-corrected chi connectivity index (χ1v) is 8.33. The van der Waals surface area contributed by atoms with Crippen molar-refractivity contribution >= 4 is 23.6 Å². The highest BCUT2D eigenvalue weighted by Gasteiger charge is 2.28. The zero-order chi connectivity index (χ0) is 15.1. The van der Waals surface area contributed by atoms with E-state index in [9.17, 15) is 9.59 Å². The number of hydrogen-bond donors (Lipinski definition) is 0. The number of carbonyl (C=O) groups is 2. The molecule has 0 bridgehead atoms. The Labute approximate surface area is 129 Å². The Bertz CT molecular complexity index is 478. The quantitative estimate of drug-likeness (QED) is 0.783. The maximum absolute atomic E-state index is 12.2. The van der Waals surface area contributed by atoms with Gasteiger partial charge in [0.05, 0.1) is 18.8 Å². The van der Waals surface area contributed by atoms with Crippen LogP contribution in [-0.4, -0.2) is 42.7 Å². The number of thioether (sulfide) groups is 1. The summed E-state index contributed by atoms with van der Waals surface area (Å²) in [6.45, 7) is 1.25. The molecule has 0 spiro atoms. The number of amides is 1. The van der Waals surface area contributed by atoms with Gasteiger partial charge in [0.2, 0.25) is 5.91 Å². The average molecular weight is 307 g/mol. The fraction of sp³-hybridized carbons (Fsp3) is 0.500. The van der Waals surface area contributed by atoms with Gasteiger partial charge in [0.1, 0.15) is 0 Å². The predicted molar refractivity (Wildman–Crippen MR) is 83.9 cm³/mol. The number of piperidine rings is 1. The van der Waals surface area contributed by atoms with E-state index in [0.717, 1.165) is 25.1 Å². The standard InChI is InChI=1S/C16H21NO3S/c1-20-16(19)14-8-5-9-17(10-14)15(18)12-21-11-13-6-3-2-4-7-13/h2-4,6-7,14H,5,8-12H2,1H3/t14-/m0/s1. The Hall–Kier alpha value is -1.49. The van der Waals surface area contributed by atoms with E-state index in [-0.39, 0.29) is 17.8 Å². The Morgan fingerprint density at radius 2 is 2.10 bits per heavy atom. The van der Waals surface area contributed by atoms with E-state index in [1.807, 2.05) is 18.2 Å². The van der Waals surface area contributed by atoms with Gasteiger partial charge in [-0.3, -0.25) is 9.59 Å². The molecule has 0 aliphatic carbocycles. The summed E-state index contributed by atoms with van der Waals surface area (Å²) in [6, 6.07) is 10.1. The first-order valence-electron chi connectivity index (χ1n) is 7.18. The minimum Gasteiger partial charge on any atom is -0.469 e. The number of esters is 1. The van der Waals surface area contributed by atoms with Crippen LogP contribution in [0.5, 0.6) is 0 Å². The van der Waals surface area contributed by atoms with Crippen LogP contribution in [0.2, 0.25) is 0 Å². The molecular formula is C16H21NO3S. The lowest BCUT2D eigenvalue weighted by Gasteiger charge is -2.31. The van der Waals surface area contributed by atoms with Crippen LogP contribution >= 0.6 is 11.8 Å². The highest BCUT2D eigenvalue weighted by molar-refractivity contribution is 7.99. The highest BCUT2D eigenvalue weighted by atomic mass is 32.2. The van der Waals surface area contributed by atoms with E-state index >= 15 is 0 Å². The monoisotopic (exact) mass is 307 g/mol. The zero-order valence-electron chi connectivity index (χ0n) is 12.3. The molecule has 0 aromatic heterocycles. The maximum atomic E-state index is 12.2. The summed E-state index contributed by atoms with van der Waals surface area (Å²) < 4.78 is 4.77. The van der Waals surface area contributed by atoms with Crippen LogP contribution in [0.1, 0.15) is 18.4 Å². The van der Waals surface area contributed by atoms with Crippen LogP contribution < -0.4 is 0 Å². The van der Waals surface area contributed by atoms with Gasteiger partial charge in [-0.2, -0.15) is 0 Å². The van der Waals surface area contributed by atoms with Crippen LogP contribution in [-0.2, 0) is 20.1 Å². The number of methoxy groups -OCH3 is 1. The topological polar surface area (TPSA) is 46.6 Å². The number of nitrogens with zero attached hydrogens (tertiary/aromatic N) is 1. The van der Waals surface area contributed by atoms with E-state index < -0.39 is 0 Å². The second kappa shape index (κ2) is 8.08. The van der Waals surface area contributed by atoms with Crippen LogP contribution in [0.25, 0.3) is 0 Å².